The number of benzene rings is 1. The van der Waals surface area contributed by atoms with Crippen molar-refractivity contribution in [1.82, 2.24) is 9.88 Å². The summed E-state index contributed by atoms with van der Waals surface area (Å²) in [4.78, 5) is 12.8. The van der Waals surface area contributed by atoms with E-state index in [0.717, 1.165) is 43.3 Å². The summed E-state index contributed by atoms with van der Waals surface area (Å²) >= 11 is 0. The lowest BCUT2D eigenvalue weighted by Gasteiger charge is -2.21. The molecule has 1 aromatic heterocycles. The van der Waals surface area contributed by atoms with Crippen LogP contribution in [0.4, 0.5) is 0 Å². The first-order valence-corrected chi connectivity index (χ1v) is 7.73. The number of carbonyl (C=O) groups is 1. The number of aryl methyl sites for hydroxylation is 2. The van der Waals surface area contributed by atoms with E-state index in [1.807, 2.05) is 0 Å². The maximum Gasteiger partial charge on any atom is 0.181 e. The average molecular weight is 268 g/mol. The van der Waals surface area contributed by atoms with Crippen LogP contribution in [-0.4, -0.2) is 22.9 Å². The number of hydrogen-bond donors (Lipinski definition) is 1. The second-order valence-electron chi connectivity index (χ2n) is 6.02. The van der Waals surface area contributed by atoms with Crippen molar-refractivity contribution >= 4 is 16.7 Å². The Labute approximate surface area is 119 Å². The van der Waals surface area contributed by atoms with Gasteiger partial charge in [0.15, 0.2) is 5.78 Å². The summed E-state index contributed by atoms with van der Waals surface area (Å²) < 4.78 is 2.28. The van der Waals surface area contributed by atoms with Crippen molar-refractivity contribution in [1.29, 1.82) is 0 Å². The summed E-state index contributed by atoms with van der Waals surface area (Å²) in [6.45, 7) is 2.01. The molecule has 0 amide bonds. The summed E-state index contributed by atoms with van der Waals surface area (Å²) in [5.74, 6) is 0.285. The highest BCUT2D eigenvalue weighted by Crippen LogP contribution is 2.30. The Bertz CT molecular complexity index is 665. The van der Waals surface area contributed by atoms with E-state index in [9.17, 15) is 4.79 Å². The summed E-state index contributed by atoms with van der Waals surface area (Å²) in [5, 5.41) is 4.53. The Hall–Kier alpha value is -1.61. The van der Waals surface area contributed by atoms with E-state index in [1.54, 1.807) is 0 Å². The zero-order valence-electron chi connectivity index (χ0n) is 11.7. The van der Waals surface area contributed by atoms with Crippen LogP contribution in [0.15, 0.2) is 24.4 Å². The molecule has 2 aliphatic heterocycles. The number of ketones is 1. The van der Waals surface area contributed by atoms with Gasteiger partial charge in [0.2, 0.25) is 0 Å². The molecule has 1 N–H and O–H groups in total. The van der Waals surface area contributed by atoms with E-state index >= 15 is 0 Å². The highest BCUT2D eigenvalue weighted by molar-refractivity contribution is 6.11. The number of rotatable bonds is 2. The van der Waals surface area contributed by atoms with Crippen molar-refractivity contribution in [3.8, 4) is 0 Å². The van der Waals surface area contributed by atoms with Crippen molar-refractivity contribution in [3.63, 3.8) is 0 Å². The number of nitrogens with zero attached hydrogens (tertiary/aromatic N) is 1. The van der Waals surface area contributed by atoms with E-state index in [0.29, 0.717) is 0 Å². The molecular weight excluding hydrogens is 248 g/mol. The SMILES string of the molecule is O=C(c1cn2c3c(cccc13)CCC2)C1CCCCN1. The summed E-state index contributed by atoms with van der Waals surface area (Å²) in [7, 11) is 0. The minimum Gasteiger partial charge on any atom is -0.346 e. The third-order valence-corrected chi connectivity index (χ3v) is 4.72. The van der Waals surface area contributed by atoms with Crippen LogP contribution in [0.2, 0.25) is 0 Å². The van der Waals surface area contributed by atoms with E-state index in [2.05, 4.69) is 34.3 Å². The fourth-order valence-corrected chi connectivity index (χ4v) is 3.72. The van der Waals surface area contributed by atoms with Crippen LogP contribution in [-0.2, 0) is 13.0 Å². The minimum absolute atomic E-state index is 0.0206. The second kappa shape index (κ2) is 4.74. The van der Waals surface area contributed by atoms with Gasteiger partial charge in [-0.2, -0.15) is 0 Å². The van der Waals surface area contributed by atoms with E-state index in [-0.39, 0.29) is 11.8 Å². The molecule has 3 heteroatoms. The third kappa shape index (κ3) is 1.80. The number of para-hydroxylation sites is 1. The summed E-state index contributed by atoms with van der Waals surface area (Å²) in [5.41, 5.74) is 3.60. The molecule has 3 heterocycles. The molecular formula is C17H20N2O. The number of piperidine rings is 1. The van der Waals surface area contributed by atoms with E-state index < -0.39 is 0 Å². The molecule has 0 radical (unpaired) electrons. The van der Waals surface area contributed by atoms with Gasteiger partial charge in [0.1, 0.15) is 0 Å². The van der Waals surface area contributed by atoms with Crippen molar-refractivity contribution in [3.05, 3.63) is 35.5 Å². The van der Waals surface area contributed by atoms with Crippen LogP contribution in [0.5, 0.6) is 0 Å². The van der Waals surface area contributed by atoms with Gasteiger partial charge in [-0.15, -0.1) is 0 Å². The Balaban J connectivity index is 1.80. The molecule has 0 saturated carbocycles. The maximum absolute atomic E-state index is 12.8. The second-order valence-corrected chi connectivity index (χ2v) is 6.02. The van der Waals surface area contributed by atoms with Gasteiger partial charge in [-0.25, -0.2) is 0 Å². The number of carbonyl (C=O) groups excluding carboxylic acids is 1. The molecule has 1 unspecified atom stereocenters. The molecule has 0 spiro atoms. The van der Waals surface area contributed by atoms with Crippen molar-refractivity contribution < 1.29 is 4.79 Å². The zero-order chi connectivity index (χ0) is 13.5. The number of aromatic nitrogens is 1. The topological polar surface area (TPSA) is 34.0 Å². The molecule has 0 bridgehead atoms. The molecule has 3 nitrogen and oxygen atoms in total. The first-order chi connectivity index (χ1) is 9.84. The van der Waals surface area contributed by atoms with Gasteiger partial charge < -0.3 is 9.88 Å². The monoisotopic (exact) mass is 268 g/mol. The first-order valence-electron chi connectivity index (χ1n) is 7.73. The largest absolute Gasteiger partial charge is 0.346 e. The van der Waals surface area contributed by atoms with Gasteiger partial charge in [0, 0.05) is 23.7 Å². The van der Waals surface area contributed by atoms with Gasteiger partial charge in [0.05, 0.1) is 11.6 Å². The normalized spacial score (nSPS) is 22.1. The fourth-order valence-electron chi connectivity index (χ4n) is 3.72. The molecule has 1 saturated heterocycles. The van der Waals surface area contributed by atoms with Crippen LogP contribution in [0.1, 0.15) is 41.6 Å². The quantitative estimate of drug-likeness (QED) is 0.850. The Kier molecular flexibility index (Phi) is 2.88. The molecule has 2 aromatic rings. The smallest absolute Gasteiger partial charge is 0.181 e. The highest BCUT2D eigenvalue weighted by atomic mass is 16.1. The predicted molar refractivity (Wildman–Crippen MR) is 80.2 cm³/mol. The van der Waals surface area contributed by atoms with Crippen molar-refractivity contribution in [2.45, 2.75) is 44.7 Å². The van der Waals surface area contributed by atoms with Crippen LogP contribution in [0.3, 0.4) is 0 Å². The van der Waals surface area contributed by atoms with Gasteiger partial charge in [-0.05, 0) is 37.8 Å². The lowest BCUT2D eigenvalue weighted by atomic mass is 9.95. The molecule has 2 aliphatic rings. The summed E-state index contributed by atoms with van der Waals surface area (Å²) in [6.07, 6.45) is 7.73. The maximum atomic E-state index is 12.8. The Morgan fingerprint density at radius 1 is 1.25 bits per heavy atom. The van der Waals surface area contributed by atoms with Crippen LogP contribution < -0.4 is 5.32 Å². The first kappa shape index (κ1) is 12.2. The van der Waals surface area contributed by atoms with Crippen molar-refractivity contribution in [2.75, 3.05) is 6.54 Å². The molecule has 104 valence electrons. The average Bonchev–Trinajstić information content (AvgIpc) is 2.89. The van der Waals surface area contributed by atoms with Gasteiger partial charge in [-0.3, -0.25) is 4.79 Å². The molecule has 1 aromatic carbocycles. The van der Waals surface area contributed by atoms with Gasteiger partial charge in [-0.1, -0.05) is 24.6 Å². The van der Waals surface area contributed by atoms with Crippen molar-refractivity contribution in [2.24, 2.45) is 0 Å². The minimum atomic E-state index is 0.0206. The van der Waals surface area contributed by atoms with Crippen LogP contribution in [0, 0.1) is 0 Å². The van der Waals surface area contributed by atoms with E-state index in [1.165, 1.54) is 23.9 Å². The highest BCUT2D eigenvalue weighted by Gasteiger charge is 2.26. The lowest BCUT2D eigenvalue weighted by Crippen LogP contribution is -2.40. The molecule has 4 rings (SSSR count). The number of Topliss-reactive ketones (excluding diaryl/α,β-unsaturated/α-hetero) is 1. The van der Waals surface area contributed by atoms with Gasteiger partial charge in [0.25, 0.3) is 0 Å². The van der Waals surface area contributed by atoms with Crippen LogP contribution in [0.25, 0.3) is 10.9 Å². The zero-order valence-corrected chi connectivity index (χ0v) is 11.7. The third-order valence-electron chi connectivity index (χ3n) is 4.72. The summed E-state index contributed by atoms with van der Waals surface area (Å²) in [6, 6.07) is 6.42. The molecule has 1 fully saturated rings. The molecule has 0 aliphatic carbocycles. The standard InChI is InChI=1S/C17H20N2O/c20-17(15-8-1-2-9-18-15)14-11-19-10-4-6-12-5-3-7-13(14)16(12)19/h3,5,7,11,15,18H,1-2,4,6,8-10H2. The fraction of sp³-hybridized carbons (Fsp3) is 0.471. The molecule has 20 heavy (non-hydrogen) atoms. The lowest BCUT2D eigenvalue weighted by molar-refractivity contribution is 0.0928. The number of hydrogen-bond acceptors (Lipinski definition) is 2. The number of nitrogens with one attached hydrogen (secondary N) is 1. The van der Waals surface area contributed by atoms with Crippen LogP contribution >= 0.6 is 0 Å². The van der Waals surface area contributed by atoms with E-state index in [4.69, 9.17) is 0 Å². The molecule has 1 atom stereocenters. The van der Waals surface area contributed by atoms with Gasteiger partial charge >= 0.3 is 0 Å². The Morgan fingerprint density at radius 2 is 2.20 bits per heavy atom. The Morgan fingerprint density at radius 3 is 3.05 bits per heavy atom. The predicted octanol–water partition coefficient (Wildman–Crippen LogP) is 2.91.